The van der Waals surface area contributed by atoms with E-state index in [9.17, 15) is 4.79 Å². The minimum absolute atomic E-state index is 0.307. The molecule has 2 saturated heterocycles. The topological polar surface area (TPSA) is 49.6 Å². The standard InChI is InChI=1S/C19H37N3O/c1-4-19(5-2,15-20)18(23)22-12-8-10-17(14-22)13-21-11-7-6-9-16(21)3/h16-17H,4-15,20H2,1-3H3. The number of piperidine rings is 2. The summed E-state index contributed by atoms with van der Waals surface area (Å²) in [7, 11) is 0. The number of rotatable bonds is 6. The summed E-state index contributed by atoms with van der Waals surface area (Å²) in [5, 5.41) is 0. The maximum Gasteiger partial charge on any atom is 0.230 e. The third-order valence-corrected chi connectivity index (χ3v) is 6.44. The second-order valence-electron chi connectivity index (χ2n) is 7.79. The van der Waals surface area contributed by atoms with Crippen molar-refractivity contribution >= 4 is 5.91 Å². The number of likely N-dealkylation sites (tertiary alicyclic amines) is 2. The molecular formula is C19H37N3O. The van der Waals surface area contributed by atoms with Gasteiger partial charge < -0.3 is 15.5 Å². The van der Waals surface area contributed by atoms with Gasteiger partial charge in [-0.15, -0.1) is 0 Å². The molecule has 2 heterocycles. The summed E-state index contributed by atoms with van der Waals surface area (Å²) in [6.07, 6.45) is 8.15. The van der Waals surface area contributed by atoms with Crippen molar-refractivity contribution in [3.05, 3.63) is 0 Å². The van der Waals surface area contributed by atoms with Crippen LogP contribution in [0.4, 0.5) is 0 Å². The van der Waals surface area contributed by atoms with Crippen molar-refractivity contribution in [2.45, 2.75) is 71.8 Å². The quantitative estimate of drug-likeness (QED) is 0.818. The first-order valence-corrected chi connectivity index (χ1v) is 9.79. The zero-order chi connectivity index (χ0) is 16.9. The molecule has 23 heavy (non-hydrogen) atoms. The van der Waals surface area contributed by atoms with Gasteiger partial charge in [0.15, 0.2) is 0 Å². The average Bonchev–Trinajstić information content (AvgIpc) is 2.59. The van der Waals surface area contributed by atoms with Gasteiger partial charge in [-0.25, -0.2) is 0 Å². The molecule has 0 radical (unpaired) electrons. The van der Waals surface area contributed by atoms with Crippen LogP contribution >= 0.6 is 0 Å². The van der Waals surface area contributed by atoms with Gasteiger partial charge in [0.25, 0.3) is 0 Å². The molecule has 0 aromatic carbocycles. The summed E-state index contributed by atoms with van der Waals surface area (Å²) >= 11 is 0. The molecule has 2 unspecified atom stereocenters. The number of nitrogens with two attached hydrogens (primary N) is 1. The normalized spacial score (nSPS) is 27.2. The predicted molar refractivity (Wildman–Crippen MR) is 96.3 cm³/mol. The van der Waals surface area contributed by atoms with Crippen LogP contribution in [-0.4, -0.2) is 54.5 Å². The first kappa shape index (κ1) is 18.7. The molecule has 2 aliphatic rings. The summed E-state index contributed by atoms with van der Waals surface area (Å²) in [6.45, 7) is 11.3. The predicted octanol–water partition coefficient (Wildman–Crippen LogP) is 2.86. The van der Waals surface area contributed by atoms with Gasteiger partial charge in [0.05, 0.1) is 5.41 Å². The zero-order valence-corrected chi connectivity index (χ0v) is 15.5. The van der Waals surface area contributed by atoms with E-state index in [0.29, 0.717) is 24.4 Å². The van der Waals surface area contributed by atoms with Crippen molar-refractivity contribution in [1.29, 1.82) is 0 Å². The Morgan fingerprint density at radius 1 is 1.13 bits per heavy atom. The maximum absolute atomic E-state index is 13.0. The van der Waals surface area contributed by atoms with Crippen molar-refractivity contribution in [2.75, 3.05) is 32.7 Å². The molecule has 2 rings (SSSR count). The SMILES string of the molecule is CCC(CC)(CN)C(=O)N1CCCC(CN2CCCCC2C)C1. The highest BCUT2D eigenvalue weighted by Crippen LogP contribution is 2.30. The van der Waals surface area contributed by atoms with Crippen LogP contribution in [0.3, 0.4) is 0 Å². The number of carbonyl (C=O) groups is 1. The summed E-state index contributed by atoms with van der Waals surface area (Å²) < 4.78 is 0. The summed E-state index contributed by atoms with van der Waals surface area (Å²) in [5.74, 6) is 0.943. The van der Waals surface area contributed by atoms with Gasteiger partial charge in [0, 0.05) is 32.2 Å². The van der Waals surface area contributed by atoms with Crippen LogP contribution in [0, 0.1) is 11.3 Å². The number of carbonyl (C=O) groups excluding carboxylic acids is 1. The van der Waals surface area contributed by atoms with Crippen LogP contribution in [0.25, 0.3) is 0 Å². The Bertz CT molecular complexity index is 373. The Morgan fingerprint density at radius 3 is 2.48 bits per heavy atom. The Balaban J connectivity index is 1.95. The molecule has 2 fully saturated rings. The molecule has 2 aliphatic heterocycles. The highest BCUT2D eigenvalue weighted by Gasteiger charge is 2.38. The van der Waals surface area contributed by atoms with Crippen molar-refractivity contribution in [3.63, 3.8) is 0 Å². The summed E-state index contributed by atoms with van der Waals surface area (Å²) in [6, 6.07) is 0.712. The fourth-order valence-electron chi connectivity index (χ4n) is 4.42. The molecule has 0 spiro atoms. The van der Waals surface area contributed by atoms with E-state index in [0.717, 1.165) is 32.4 Å². The van der Waals surface area contributed by atoms with E-state index in [-0.39, 0.29) is 5.41 Å². The van der Waals surface area contributed by atoms with Gasteiger partial charge in [-0.1, -0.05) is 20.3 Å². The van der Waals surface area contributed by atoms with E-state index in [2.05, 4.69) is 30.6 Å². The van der Waals surface area contributed by atoms with Crippen molar-refractivity contribution in [1.82, 2.24) is 9.80 Å². The largest absolute Gasteiger partial charge is 0.342 e. The molecule has 2 atom stereocenters. The van der Waals surface area contributed by atoms with Gasteiger partial charge >= 0.3 is 0 Å². The lowest BCUT2D eigenvalue weighted by molar-refractivity contribution is -0.144. The second-order valence-corrected chi connectivity index (χ2v) is 7.79. The third-order valence-electron chi connectivity index (χ3n) is 6.44. The second kappa shape index (κ2) is 8.48. The highest BCUT2D eigenvalue weighted by atomic mass is 16.2. The molecular weight excluding hydrogens is 286 g/mol. The van der Waals surface area contributed by atoms with Crippen LogP contribution in [-0.2, 0) is 4.79 Å². The smallest absolute Gasteiger partial charge is 0.230 e. The summed E-state index contributed by atoms with van der Waals surface area (Å²) in [5.41, 5.74) is 5.65. The Labute approximate surface area is 142 Å². The van der Waals surface area contributed by atoms with Crippen molar-refractivity contribution < 1.29 is 4.79 Å². The molecule has 4 heteroatoms. The number of amides is 1. The first-order valence-electron chi connectivity index (χ1n) is 9.79. The van der Waals surface area contributed by atoms with Gasteiger partial charge in [-0.2, -0.15) is 0 Å². The van der Waals surface area contributed by atoms with E-state index in [1.807, 2.05) is 0 Å². The molecule has 0 bridgehead atoms. The molecule has 0 aromatic heterocycles. The van der Waals surface area contributed by atoms with Gasteiger partial charge in [-0.3, -0.25) is 4.79 Å². The van der Waals surface area contributed by atoms with Crippen LogP contribution in [0.15, 0.2) is 0 Å². The maximum atomic E-state index is 13.0. The van der Waals surface area contributed by atoms with Crippen LogP contribution < -0.4 is 5.73 Å². The minimum atomic E-state index is -0.333. The first-order chi connectivity index (χ1) is 11.1. The summed E-state index contributed by atoms with van der Waals surface area (Å²) in [4.78, 5) is 17.8. The van der Waals surface area contributed by atoms with Gasteiger partial charge in [0.2, 0.25) is 5.91 Å². The molecule has 4 nitrogen and oxygen atoms in total. The van der Waals surface area contributed by atoms with Crippen LogP contribution in [0.2, 0.25) is 0 Å². The van der Waals surface area contributed by atoms with Crippen molar-refractivity contribution in [3.8, 4) is 0 Å². The number of hydrogen-bond donors (Lipinski definition) is 1. The molecule has 1 amide bonds. The number of nitrogens with zero attached hydrogens (tertiary/aromatic N) is 2. The molecule has 2 N–H and O–H groups in total. The van der Waals surface area contributed by atoms with E-state index < -0.39 is 0 Å². The van der Waals surface area contributed by atoms with Crippen molar-refractivity contribution in [2.24, 2.45) is 17.1 Å². The lowest BCUT2D eigenvalue weighted by Gasteiger charge is -2.42. The molecule has 134 valence electrons. The van der Waals surface area contributed by atoms with E-state index >= 15 is 0 Å². The van der Waals surface area contributed by atoms with Crippen LogP contribution in [0.5, 0.6) is 0 Å². The third kappa shape index (κ3) is 4.27. The average molecular weight is 324 g/mol. The Morgan fingerprint density at radius 2 is 1.87 bits per heavy atom. The van der Waals surface area contributed by atoms with E-state index in [4.69, 9.17) is 5.73 Å². The lowest BCUT2D eigenvalue weighted by Crippen LogP contribution is -2.52. The molecule has 0 aliphatic carbocycles. The molecule has 0 aromatic rings. The van der Waals surface area contributed by atoms with Crippen LogP contribution in [0.1, 0.15) is 65.7 Å². The van der Waals surface area contributed by atoms with Gasteiger partial charge in [-0.05, 0) is 57.9 Å². The Hall–Kier alpha value is -0.610. The van der Waals surface area contributed by atoms with E-state index in [1.54, 1.807) is 0 Å². The number of hydrogen-bond acceptors (Lipinski definition) is 3. The molecule has 0 saturated carbocycles. The fourth-order valence-corrected chi connectivity index (χ4v) is 4.42. The minimum Gasteiger partial charge on any atom is -0.342 e. The lowest BCUT2D eigenvalue weighted by atomic mass is 9.80. The highest BCUT2D eigenvalue weighted by molar-refractivity contribution is 5.83. The monoisotopic (exact) mass is 323 g/mol. The van der Waals surface area contributed by atoms with Gasteiger partial charge in [0.1, 0.15) is 0 Å². The van der Waals surface area contributed by atoms with E-state index in [1.165, 1.54) is 38.8 Å². The zero-order valence-electron chi connectivity index (χ0n) is 15.5. The fraction of sp³-hybridized carbons (Fsp3) is 0.947. The Kier molecular flexibility index (Phi) is 6.90.